The van der Waals surface area contributed by atoms with Crippen molar-refractivity contribution < 1.29 is 18.0 Å². The van der Waals surface area contributed by atoms with E-state index >= 15 is 0 Å². The van der Waals surface area contributed by atoms with Crippen molar-refractivity contribution in [3.63, 3.8) is 0 Å². The molecule has 4 N–H and O–H groups in total. The first-order chi connectivity index (χ1) is 8.86. The highest BCUT2D eigenvalue weighted by Crippen LogP contribution is 2.36. The van der Waals surface area contributed by atoms with Crippen LogP contribution in [0.4, 0.5) is 23.7 Å². The lowest BCUT2D eigenvalue weighted by molar-refractivity contribution is -0.136. The molecule has 1 saturated carbocycles. The molecule has 0 radical (unpaired) electrons. The number of anilines is 1. The maximum Gasteiger partial charge on any atom is 0.418 e. The van der Waals surface area contributed by atoms with Crippen molar-refractivity contribution in [3.05, 3.63) is 29.8 Å². The number of hydrogen-bond donors (Lipinski definition) is 3. The van der Waals surface area contributed by atoms with Crippen molar-refractivity contribution in [1.82, 2.24) is 5.32 Å². The first-order valence-electron chi connectivity index (χ1n) is 5.82. The second-order valence-electron chi connectivity index (χ2n) is 4.61. The van der Waals surface area contributed by atoms with Crippen molar-refractivity contribution in [2.24, 2.45) is 5.73 Å². The Hall–Kier alpha value is -1.76. The van der Waals surface area contributed by atoms with Crippen LogP contribution in [0.1, 0.15) is 18.4 Å². The fourth-order valence-corrected chi connectivity index (χ4v) is 1.76. The van der Waals surface area contributed by atoms with Crippen LogP contribution in [-0.4, -0.2) is 18.1 Å². The molecule has 0 unspecified atom stereocenters. The number of benzene rings is 1. The number of rotatable bonds is 3. The van der Waals surface area contributed by atoms with Gasteiger partial charge < -0.3 is 16.4 Å². The Labute approximate surface area is 108 Å². The van der Waals surface area contributed by atoms with Crippen molar-refractivity contribution in [1.29, 1.82) is 0 Å². The summed E-state index contributed by atoms with van der Waals surface area (Å²) in [5.41, 5.74) is 3.90. The highest BCUT2D eigenvalue weighted by molar-refractivity contribution is 5.91. The van der Waals surface area contributed by atoms with Crippen LogP contribution in [0.15, 0.2) is 24.3 Å². The number of carbonyl (C=O) groups excluding carboxylic acids is 1. The van der Waals surface area contributed by atoms with E-state index in [1.54, 1.807) is 0 Å². The number of halogens is 3. The molecule has 0 heterocycles. The number of hydrogen-bond acceptors (Lipinski definition) is 2. The number of para-hydroxylation sites is 1. The fourth-order valence-electron chi connectivity index (χ4n) is 1.76. The maximum absolute atomic E-state index is 12.7. The minimum Gasteiger partial charge on any atom is -0.331 e. The van der Waals surface area contributed by atoms with Crippen LogP contribution in [0.3, 0.4) is 0 Å². The van der Waals surface area contributed by atoms with Crippen LogP contribution in [-0.2, 0) is 6.18 Å². The molecule has 19 heavy (non-hydrogen) atoms. The lowest BCUT2D eigenvalue weighted by atomic mass is 10.1. The van der Waals surface area contributed by atoms with E-state index in [1.165, 1.54) is 18.2 Å². The summed E-state index contributed by atoms with van der Waals surface area (Å²) in [6, 6.07) is 4.17. The SMILES string of the molecule is NCC1(NC(=O)Nc2ccccc2C(F)(F)F)CC1. The van der Waals surface area contributed by atoms with E-state index in [0.29, 0.717) is 0 Å². The predicted octanol–water partition coefficient (Wildman–Crippen LogP) is 2.32. The van der Waals surface area contributed by atoms with Gasteiger partial charge in [0.1, 0.15) is 0 Å². The van der Waals surface area contributed by atoms with Gasteiger partial charge in [0, 0.05) is 6.54 Å². The Morgan fingerprint density at radius 3 is 2.47 bits per heavy atom. The number of carbonyl (C=O) groups is 1. The van der Waals surface area contributed by atoms with Gasteiger partial charge in [-0.15, -0.1) is 0 Å². The molecule has 2 amide bonds. The van der Waals surface area contributed by atoms with Crippen LogP contribution in [0.5, 0.6) is 0 Å². The van der Waals surface area contributed by atoms with E-state index in [-0.39, 0.29) is 12.2 Å². The van der Waals surface area contributed by atoms with Gasteiger partial charge in [-0.3, -0.25) is 0 Å². The Bertz CT molecular complexity index is 483. The lowest BCUT2D eigenvalue weighted by Crippen LogP contribution is -2.44. The second-order valence-corrected chi connectivity index (χ2v) is 4.61. The highest BCUT2D eigenvalue weighted by Gasteiger charge is 2.43. The third-order valence-electron chi connectivity index (χ3n) is 3.10. The van der Waals surface area contributed by atoms with Gasteiger partial charge in [0.15, 0.2) is 0 Å². The molecular formula is C12H14F3N3O. The zero-order valence-electron chi connectivity index (χ0n) is 10.1. The van der Waals surface area contributed by atoms with Gasteiger partial charge in [-0.05, 0) is 25.0 Å². The number of alkyl halides is 3. The second kappa shape index (κ2) is 4.73. The Morgan fingerprint density at radius 2 is 1.95 bits per heavy atom. The summed E-state index contributed by atoms with van der Waals surface area (Å²) in [4.78, 5) is 11.7. The predicted molar refractivity (Wildman–Crippen MR) is 64.6 cm³/mol. The summed E-state index contributed by atoms with van der Waals surface area (Å²) >= 11 is 0. The van der Waals surface area contributed by atoms with Gasteiger partial charge in [0.2, 0.25) is 0 Å². The van der Waals surface area contributed by atoms with Crippen LogP contribution in [0, 0.1) is 0 Å². The number of urea groups is 1. The average molecular weight is 273 g/mol. The molecule has 0 aliphatic heterocycles. The molecule has 2 rings (SSSR count). The van der Waals surface area contributed by atoms with E-state index < -0.39 is 23.3 Å². The van der Waals surface area contributed by atoms with E-state index in [0.717, 1.165) is 18.9 Å². The first kappa shape index (κ1) is 13.7. The van der Waals surface area contributed by atoms with Crippen molar-refractivity contribution in [2.45, 2.75) is 24.6 Å². The summed E-state index contributed by atoms with van der Waals surface area (Å²) in [6.45, 7) is 0.279. The monoisotopic (exact) mass is 273 g/mol. The van der Waals surface area contributed by atoms with Gasteiger partial charge in [0.05, 0.1) is 16.8 Å². The number of nitrogens with one attached hydrogen (secondary N) is 2. The highest BCUT2D eigenvalue weighted by atomic mass is 19.4. The zero-order chi connectivity index (χ0) is 14.1. The van der Waals surface area contributed by atoms with Crippen LogP contribution >= 0.6 is 0 Å². The molecule has 1 fully saturated rings. The quantitative estimate of drug-likeness (QED) is 0.791. The third-order valence-corrected chi connectivity index (χ3v) is 3.10. The van der Waals surface area contributed by atoms with E-state index in [9.17, 15) is 18.0 Å². The molecule has 4 nitrogen and oxygen atoms in total. The van der Waals surface area contributed by atoms with Crippen molar-refractivity contribution >= 4 is 11.7 Å². The van der Waals surface area contributed by atoms with Crippen LogP contribution in [0.25, 0.3) is 0 Å². The molecule has 1 aromatic rings. The Kier molecular flexibility index (Phi) is 3.40. The Morgan fingerprint density at radius 1 is 1.32 bits per heavy atom. The van der Waals surface area contributed by atoms with Gasteiger partial charge in [-0.2, -0.15) is 13.2 Å². The summed E-state index contributed by atoms with van der Waals surface area (Å²) in [7, 11) is 0. The maximum atomic E-state index is 12.7. The average Bonchev–Trinajstić information content (AvgIpc) is 3.08. The molecule has 0 aromatic heterocycles. The molecule has 0 saturated heterocycles. The first-order valence-corrected chi connectivity index (χ1v) is 5.82. The summed E-state index contributed by atoms with van der Waals surface area (Å²) in [5.74, 6) is 0. The number of amides is 2. The topological polar surface area (TPSA) is 67.1 Å². The van der Waals surface area contributed by atoms with Crippen molar-refractivity contribution in [3.8, 4) is 0 Å². The summed E-state index contributed by atoms with van der Waals surface area (Å²) < 4.78 is 38.2. The van der Waals surface area contributed by atoms with Crippen molar-refractivity contribution in [2.75, 3.05) is 11.9 Å². The third kappa shape index (κ3) is 3.17. The summed E-state index contributed by atoms with van der Waals surface area (Å²) in [5, 5.41) is 4.82. The fraction of sp³-hybridized carbons (Fsp3) is 0.417. The van der Waals surface area contributed by atoms with Gasteiger partial charge in [-0.25, -0.2) is 4.79 Å². The van der Waals surface area contributed by atoms with Gasteiger partial charge >= 0.3 is 12.2 Å². The minimum absolute atomic E-state index is 0.264. The van der Waals surface area contributed by atoms with Gasteiger partial charge in [0.25, 0.3) is 0 Å². The molecular weight excluding hydrogens is 259 g/mol. The van der Waals surface area contributed by atoms with E-state index in [1.807, 2.05) is 0 Å². The molecule has 1 aliphatic rings. The molecule has 1 aromatic carbocycles. The number of nitrogens with two attached hydrogens (primary N) is 1. The smallest absolute Gasteiger partial charge is 0.331 e. The minimum atomic E-state index is -4.50. The standard InChI is InChI=1S/C12H14F3N3O/c13-12(14,15)8-3-1-2-4-9(8)17-10(19)18-11(7-16)5-6-11/h1-4H,5-7,16H2,(H2,17,18,19). The molecule has 1 aliphatic carbocycles. The van der Waals surface area contributed by atoms with E-state index in [2.05, 4.69) is 10.6 Å². The van der Waals surface area contributed by atoms with E-state index in [4.69, 9.17) is 5.73 Å². The largest absolute Gasteiger partial charge is 0.418 e. The molecule has 104 valence electrons. The molecule has 0 atom stereocenters. The lowest BCUT2D eigenvalue weighted by Gasteiger charge is -2.17. The normalized spacial score (nSPS) is 16.8. The molecule has 0 spiro atoms. The molecule has 7 heteroatoms. The Balaban J connectivity index is 2.09. The van der Waals surface area contributed by atoms with Gasteiger partial charge in [-0.1, -0.05) is 12.1 Å². The molecule has 0 bridgehead atoms. The summed E-state index contributed by atoms with van der Waals surface area (Å²) in [6.07, 6.45) is -3.01. The van der Waals surface area contributed by atoms with Crippen LogP contribution < -0.4 is 16.4 Å². The zero-order valence-corrected chi connectivity index (χ0v) is 10.1. The van der Waals surface area contributed by atoms with Crippen LogP contribution in [0.2, 0.25) is 0 Å².